The van der Waals surface area contributed by atoms with Gasteiger partial charge in [0.05, 0.1) is 0 Å². The highest BCUT2D eigenvalue weighted by molar-refractivity contribution is 4.99. The normalized spacial score (nSPS) is 39.7. The first-order valence-electron chi connectivity index (χ1n) is 2.61. The monoisotopic (exact) mass is 100 g/mol. The molecule has 40 valence electrons. The maximum Gasteiger partial charge on any atom is 0.109 e. The lowest BCUT2D eigenvalue weighted by Crippen LogP contribution is -2.01. The van der Waals surface area contributed by atoms with E-state index < -0.39 is 6.17 Å². The number of hydrogen-bond donors (Lipinski definition) is 0. The van der Waals surface area contributed by atoms with Crippen LogP contribution >= 0.6 is 0 Å². The van der Waals surface area contributed by atoms with Crippen LogP contribution in [0, 0.1) is 5.92 Å². The van der Waals surface area contributed by atoms with E-state index in [-0.39, 0.29) is 5.92 Å². The van der Waals surface area contributed by atoms with Crippen LogP contribution in [0.15, 0.2) is 12.2 Å². The molecule has 2 atom stereocenters. The van der Waals surface area contributed by atoms with Gasteiger partial charge in [0, 0.05) is 5.92 Å². The molecule has 0 saturated heterocycles. The molecule has 0 radical (unpaired) electrons. The minimum atomic E-state index is -0.597. The lowest BCUT2D eigenvalue weighted by Gasteiger charge is -2.00. The third-order valence-corrected chi connectivity index (χ3v) is 1.37. The molecule has 0 aliphatic heterocycles. The topological polar surface area (TPSA) is 0 Å². The third kappa shape index (κ3) is 0.817. The highest BCUT2D eigenvalue weighted by Crippen LogP contribution is 2.19. The van der Waals surface area contributed by atoms with E-state index in [4.69, 9.17) is 0 Å². The predicted octanol–water partition coefficient (Wildman–Crippen LogP) is 1.92. The largest absolute Gasteiger partial charge is 0.247 e. The Balaban J connectivity index is 2.45. The van der Waals surface area contributed by atoms with Crippen LogP contribution in [0.4, 0.5) is 4.39 Å². The van der Waals surface area contributed by atoms with Crippen LogP contribution in [0.1, 0.15) is 13.3 Å². The van der Waals surface area contributed by atoms with Crippen molar-refractivity contribution in [3.63, 3.8) is 0 Å². The SMILES string of the molecule is CC1C=CCC1F. The smallest absolute Gasteiger partial charge is 0.109 e. The van der Waals surface area contributed by atoms with Gasteiger partial charge in [0.1, 0.15) is 6.17 Å². The summed E-state index contributed by atoms with van der Waals surface area (Å²) in [6, 6.07) is 0. The summed E-state index contributed by atoms with van der Waals surface area (Å²) in [6.07, 6.45) is 3.85. The van der Waals surface area contributed by atoms with Crippen LogP contribution in [-0.4, -0.2) is 6.17 Å². The van der Waals surface area contributed by atoms with Gasteiger partial charge in [-0.15, -0.1) is 0 Å². The van der Waals surface area contributed by atoms with E-state index in [1.807, 2.05) is 19.1 Å². The number of hydrogen-bond acceptors (Lipinski definition) is 0. The minimum absolute atomic E-state index is 0.167. The maximum absolute atomic E-state index is 12.3. The summed E-state index contributed by atoms with van der Waals surface area (Å²) in [4.78, 5) is 0. The summed E-state index contributed by atoms with van der Waals surface area (Å²) in [5, 5.41) is 0. The molecule has 0 N–H and O–H groups in total. The molecule has 1 aliphatic carbocycles. The van der Waals surface area contributed by atoms with E-state index in [0.29, 0.717) is 6.42 Å². The molecule has 0 amide bonds. The van der Waals surface area contributed by atoms with Crippen LogP contribution in [0.25, 0.3) is 0 Å². The average Bonchev–Trinajstić information content (AvgIpc) is 1.91. The molecule has 7 heavy (non-hydrogen) atoms. The maximum atomic E-state index is 12.3. The van der Waals surface area contributed by atoms with Gasteiger partial charge in [-0.2, -0.15) is 0 Å². The van der Waals surface area contributed by atoms with Crippen molar-refractivity contribution in [3.8, 4) is 0 Å². The van der Waals surface area contributed by atoms with Crippen LogP contribution in [-0.2, 0) is 0 Å². The van der Waals surface area contributed by atoms with E-state index in [0.717, 1.165) is 0 Å². The zero-order chi connectivity index (χ0) is 5.28. The Bertz CT molecular complexity index is 86.2. The predicted molar refractivity (Wildman–Crippen MR) is 27.8 cm³/mol. The highest BCUT2D eigenvalue weighted by Gasteiger charge is 2.15. The Morgan fingerprint density at radius 3 is 2.57 bits per heavy atom. The Morgan fingerprint density at radius 2 is 2.43 bits per heavy atom. The third-order valence-electron chi connectivity index (χ3n) is 1.37. The summed E-state index contributed by atoms with van der Waals surface area (Å²) in [5.74, 6) is 0.167. The first-order valence-corrected chi connectivity index (χ1v) is 2.61. The summed E-state index contributed by atoms with van der Waals surface area (Å²) in [7, 11) is 0. The quantitative estimate of drug-likeness (QED) is 0.408. The van der Waals surface area contributed by atoms with Crippen molar-refractivity contribution in [2.75, 3.05) is 0 Å². The van der Waals surface area contributed by atoms with Crippen molar-refractivity contribution in [3.05, 3.63) is 12.2 Å². The Morgan fingerprint density at radius 1 is 1.71 bits per heavy atom. The molecule has 2 unspecified atom stereocenters. The van der Waals surface area contributed by atoms with Gasteiger partial charge in [0.25, 0.3) is 0 Å². The fourth-order valence-corrected chi connectivity index (χ4v) is 0.758. The molecule has 1 heteroatoms. The second-order valence-electron chi connectivity index (χ2n) is 2.04. The molecule has 0 nitrogen and oxygen atoms in total. The second-order valence-corrected chi connectivity index (χ2v) is 2.04. The average molecular weight is 100 g/mol. The van der Waals surface area contributed by atoms with Crippen LogP contribution in [0.5, 0.6) is 0 Å². The van der Waals surface area contributed by atoms with E-state index in [1.54, 1.807) is 0 Å². The van der Waals surface area contributed by atoms with E-state index >= 15 is 0 Å². The zero-order valence-corrected chi connectivity index (χ0v) is 4.39. The minimum Gasteiger partial charge on any atom is -0.247 e. The number of allylic oxidation sites excluding steroid dienone is 2. The van der Waals surface area contributed by atoms with Crippen molar-refractivity contribution in [1.29, 1.82) is 0 Å². The van der Waals surface area contributed by atoms with E-state index in [9.17, 15) is 4.39 Å². The molecule has 0 aromatic carbocycles. The van der Waals surface area contributed by atoms with Gasteiger partial charge >= 0.3 is 0 Å². The first-order chi connectivity index (χ1) is 3.30. The number of alkyl halides is 1. The van der Waals surface area contributed by atoms with Crippen molar-refractivity contribution < 1.29 is 4.39 Å². The van der Waals surface area contributed by atoms with Crippen molar-refractivity contribution in [2.24, 2.45) is 5.92 Å². The molecule has 0 heterocycles. The molecule has 1 aliphatic rings. The van der Waals surface area contributed by atoms with Gasteiger partial charge in [-0.25, -0.2) is 4.39 Å². The lowest BCUT2D eigenvalue weighted by molar-refractivity contribution is 0.294. The molecular weight excluding hydrogens is 91.1 g/mol. The van der Waals surface area contributed by atoms with Gasteiger partial charge in [0.2, 0.25) is 0 Å². The standard InChI is InChI=1S/C6H9F/c1-5-3-2-4-6(5)7/h2-3,5-6H,4H2,1H3. The van der Waals surface area contributed by atoms with Gasteiger partial charge in [-0.05, 0) is 6.42 Å². The molecule has 0 bridgehead atoms. The van der Waals surface area contributed by atoms with Gasteiger partial charge in [-0.3, -0.25) is 0 Å². The molecule has 0 saturated carbocycles. The Hall–Kier alpha value is -0.330. The van der Waals surface area contributed by atoms with Crippen molar-refractivity contribution >= 4 is 0 Å². The Labute approximate surface area is 43.0 Å². The fourth-order valence-electron chi connectivity index (χ4n) is 0.758. The summed E-state index contributed by atoms with van der Waals surface area (Å²) < 4.78 is 12.3. The molecule has 0 aromatic heterocycles. The van der Waals surface area contributed by atoms with Gasteiger partial charge in [-0.1, -0.05) is 19.1 Å². The molecule has 0 aromatic rings. The molecule has 1 rings (SSSR count). The van der Waals surface area contributed by atoms with Gasteiger partial charge in [0.15, 0.2) is 0 Å². The van der Waals surface area contributed by atoms with E-state index in [2.05, 4.69) is 0 Å². The number of rotatable bonds is 0. The molecule has 0 fully saturated rings. The van der Waals surface area contributed by atoms with E-state index in [1.165, 1.54) is 0 Å². The van der Waals surface area contributed by atoms with Crippen molar-refractivity contribution in [2.45, 2.75) is 19.5 Å². The van der Waals surface area contributed by atoms with Crippen LogP contribution in [0.3, 0.4) is 0 Å². The Kier molecular flexibility index (Phi) is 1.13. The van der Waals surface area contributed by atoms with Crippen molar-refractivity contribution in [1.82, 2.24) is 0 Å². The van der Waals surface area contributed by atoms with Gasteiger partial charge < -0.3 is 0 Å². The summed E-state index contributed by atoms with van der Waals surface area (Å²) >= 11 is 0. The fraction of sp³-hybridized carbons (Fsp3) is 0.667. The summed E-state index contributed by atoms with van der Waals surface area (Å²) in [5.41, 5.74) is 0. The first kappa shape index (κ1) is 4.82. The summed E-state index contributed by atoms with van der Waals surface area (Å²) in [6.45, 7) is 1.90. The zero-order valence-electron chi connectivity index (χ0n) is 4.39. The van der Waals surface area contributed by atoms with Crippen LogP contribution < -0.4 is 0 Å². The number of halogens is 1. The highest BCUT2D eigenvalue weighted by atomic mass is 19.1. The lowest BCUT2D eigenvalue weighted by atomic mass is 10.1. The second kappa shape index (κ2) is 1.65. The van der Waals surface area contributed by atoms with Crippen LogP contribution in [0.2, 0.25) is 0 Å². The molecule has 0 spiro atoms. The molecular formula is C6H9F.